The van der Waals surface area contributed by atoms with Gasteiger partial charge in [-0.15, -0.1) is 0 Å². The van der Waals surface area contributed by atoms with Crippen LogP contribution in [0.25, 0.3) is 10.8 Å². The third kappa shape index (κ3) is 3.03. The fourth-order valence-corrected chi connectivity index (χ4v) is 3.36. The van der Waals surface area contributed by atoms with Crippen LogP contribution in [0.1, 0.15) is 27.7 Å². The standard InChI is InChI=1S/C17H22BNO4S/c1-16(2)17(3,4)23-18(22-16)14-10-11-15(19-24(5,20)21)13-9-7-6-8-12(13)14/h6-11,19H,1-5H3. The Balaban J connectivity index is 2.10. The Labute approximate surface area is 143 Å². The number of nitrogens with one attached hydrogen (secondary N) is 1. The van der Waals surface area contributed by atoms with Crippen molar-refractivity contribution in [1.29, 1.82) is 0 Å². The fourth-order valence-electron chi connectivity index (χ4n) is 2.79. The monoisotopic (exact) mass is 347 g/mol. The average molecular weight is 347 g/mol. The summed E-state index contributed by atoms with van der Waals surface area (Å²) in [6.45, 7) is 8.03. The van der Waals surface area contributed by atoms with Gasteiger partial charge in [0.1, 0.15) is 0 Å². The maximum Gasteiger partial charge on any atom is 0.495 e. The number of sulfonamides is 1. The van der Waals surface area contributed by atoms with Gasteiger partial charge >= 0.3 is 7.12 Å². The topological polar surface area (TPSA) is 64.6 Å². The van der Waals surface area contributed by atoms with Crippen molar-refractivity contribution in [2.24, 2.45) is 0 Å². The van der Waals surface area contributed by atoms with Crippen LogP contribution >= 0.6 is 0 Å². The van der Waals surface area contributed by atoms with E-state index in [1.165, 1.54) is 0 Å². The van der Waals surface area contributed by atoms with Gasteiger partial charge in [0.15, 0.2) is 0 Å². The zero-order valence-corrected chi connectivity index (χ0v) is 15.4. The first-order chi connectivity index (χ1) is 11.0. The summed E-state index contributed by atoms with van der Waals surface area (Å²) in [4.78, 5) is 0. The molecule has 7 heteroatoms. The molecule has 0 aliphatic carbocycles. The van der Waals surface area contributed by atoms with Crippen molar-refractivity contribution < 1.29 is 17.7 Å². The maximum atomic E-state index is 11.6. The normalized spacial score (nSPS) is 19.6. The molecule has 1 aliphatic heterocycles. The van der Waals surface area contributed by atoms with E-state index in [0.717, 1.165) is 22.5 Å². The van der Waals surface area contributed by atoms with Crippen LogP contribution in [-0.2, 0) is 19.3 Å². The Kier molecular flexibility index (Phi) is 3.94. The smallest absolute Gasteiger partial charge is 0.399 e. The quantitative estimate of drug-likeness (QED) is 0.867. The largest absolute Gasteiger partial charge is 0.495 e. The highest BCUT2D eigenvalue weighted by Gasteiger charge is 2.52. The van der Waals surface area contributed by atoms with E-state index in [1.807, 2.05) is 58.0 Å². The molecule has 2 aromatic rings. The number of hydrogen-bond donors (Lipinski definition) is 1. The minimum atomic E-state index is -3.35. The molecule has 0 bridgehead atoms. The summed E-state index contributed by atoms with van der Waals surface area (Å²) in [6.07, 6.45) is 1.14. The Hall–Kier alpha value is -1.57. The average Bonchev–Trinajstić information content (AvgIpc) is 2.66. The third-order valence-electron chi connectivity index (χ3n) is 4.76. The molecule has 1 saturated heterocycles. The van der Waals surface area contributed by atoms with E-state index in [1.54, 1.807) is 6.07 Å². The van der Waals surface area contributed by atoms with E-state index < -0.39 is 28.3 Å². The van der Waals surface area contributed by atoms with E-state index in [9.17, 15) is 8.42 Å². The van der Waals surface area contributed by atoms with Gasteiger partial charge in [-0.05, 0) is 44.6 Å². The number of hydrogen-bond acceptors (Lipinski definition) is 4. The number of rotatable bonds is 3. The van der Waals surface area contributed by atoms with Crippen molar-refractivity contribution in [3.63, 3.8) is 0 Å². The van der Waals surface area contributed by atoms with Crippen LogP contribution < -0.4 is 10.2 Å². The molecule has 0 aromatic heterocycles. The lowest BCUT2D eigenvalue weighted by Crippen LogP contribution is -2.41. The predicted molar refractivity (Wildman–Crippen MR) is 98.1 cm³/mol. The van der Waals surface area contributed by atoms with Gasteiger partial charge in [0.05, 0.1) is 23.1 Å². The minimum absolute atomic E-state index is 0.428. The summed E-state index contributed by atoms with van der Waals surface area (Å²) in [5, 5.41) is 1.72. The van der Waals surface area contributed by atoms with Gasteiger partial charge in [-0.25, -0.2) is 8.42 Å². The summed E-state index contributed by atoms with van der Waals surface area (Å²) >= 11 is 0. The van der Waals surface area contributed by atoms with Crippen LogP contribution in [0.3, 0.4) is 0 Å². The highest BCUT2D eigenvalue weighted by atomic mass is 32.2. The van der Waals surface area contributed by atoms with Crippen molar-refractivity contribution in [2.45, 2.75) is 38.9 Å². The molecule has 0 saturated carbocycles. The molecule has 0 amide bonds. The highest BCUT2D eigenvalue weighted by molar-refractivity contribution is 7.92. The summed E-state index contributed by atoms with van der Waals surface area (Å²) in [7, 11) is -3.84. The Morgan fingerprint density at radius 2 is 1.46 bits per heavy atom. The van der Waals surface area contributed by atoms with Gasteiger partial charge < -0.3 is 9.31 Å². The molecule has 1 fully saturated rings. The second kappa shape index (κ2) is 5.47. The zero-order valence-electron chi connectivity index (χ0n) is 14.6. The first-order valence-electron chi connectivity index (χ1n) is 7.85. The van der Waals surface area contributed by atoms with Crippen LogP contribution in [0.5, 0.6) is 0 Å². The molecule has 1 aliphatic rings. The second-order valence-corrected chi connectivity index (χ2v) is 8.96. The van der Waals surface area contributed by atoms with Gasteiger partial charge in [-0.1, -0.05) is 30.3 Å². The SMILES string of the molecule is CC1(C)OB(c2ccc(NS(C)(=O)=O)c3ccccc23)OC1(C)C. The van der Waals surface area contributed by atoms with E-state index in [-0.39, 0.29) is 0 Å². The van der Waals surface area contributed by atoms with Crippen molar-refractivity contribution >= 4 is 39.1 Å². The molecular weight excluding hydrogens is 325 g/mol. The third-order valence-corrected chi connectivity index (χ3v) is 5.35. The lowest BCUT2D eigenvalue weighted by molar-refractivity contribution is 0.00578. The molecule has 0 atom stereocenters. The second-order valence-electron chi connectivity index (χ2n) is 7.21. The predicted octanol–water partition coefficient (Wildman–Crippen LogP) is 2.51. The van der Waals surface area contributed by atoms with Crippen LogP contribution in [0, 0.1) is 0 Å². The van der Waals surface area contributed by atoms with E-state index in [0.29, 0.717) is 5.69 Å². The molecule has 5 nitrogen and oxygen atoms in total. The highest BCUT2D eigenvalue weighted by Crippen LogP contribution is 2.37. The van der Waals surface area contributed by atoms with Gasteiger partial charge in [0, 0.05) is 5.39 Å². The van der Waals surface area contributed by atoms with Crippen molar-refractivity contribution in [3.8, 4) is 0 Å². The van der Waals surface area contributed by atoms with Crippen LogP contribution in [0.15, 0.2) is 36.4 Å². The number of anilines is 1. The molecule has 3 rings (SSSR count). The molecule has 1 N–H and O–H groups in total. The van der Waals surface area contributed by atoms with E-state index in [2.05, 4.69) is 4.72 Å². The molecule has 2 aromatic carbocycles. The van der Waals surface area contributed by atoms with E-state index >= 15 is 0 Å². The summed E-state index contributed by atoms with van der Waals surface area (Å²) < 4.78 is 38.0. The van der Waals surface area contributed by atoms with Crippen molar-refractivity contribution in [1.82, 2.24) is 0 Å². The summed E-state index contributed by atoms with van der Waals surface area (Å²) in [5.74, 6) is 0. The molecule has 0 radical (unpaired) electrons. The Morgan fingerprint density at radius 1 is 0.917 bits per heavy atom. The summed E-state index contributed by atoms with van der Waals surface area (Å²) in [6, 6.07) is 11.2. The molecular formula is C17H22BNO4S. The van der Waals surface area contributed by atoms with Gasteiger partial charge in [-0.2, -0.15) is 0 Å². The lowest BCUT2D eigenvalue weighted by Gasteiger charge is -2.32. The molecule has 0 unspecified atom stereocenters. The maximum absolute atomic E-state index is 11.6. The van der Waals surface area contributed by atoms with E-state index in [4.69, 9.17) is 9.31 Å². The van der Waals surface area contributed by atoms with Gasteiger partial charge in [0.25, 0.3) is 0 Å². The fraction of sp³-hybridized carbons (Fsp3) is 0.412. The molecule has 128 valence electrons. The van der Waals surface area contributed by atoms with Gasteiger partial charge in [-0.3, -0.25) is 4.72 Å². The molecule has 0 spiro atoms. The first kappa shape index (κ1) is 17.3. The van der Waals surface area contributed by atoms with Gasteiger partial charge in [0.2, 0.25) is 10.0 Å². The molecule has 24 heavy (non-hydrogen) atoms. The van der Waals surface area contributed by atoms with Crippen molar-refractivity contribution in [3.05, 3.63) is 36.4 Å². The number of fused-ring (bicyclic) bond motifs is 1. The first-order valence-corrected chi connectivity index (χ1v) is 9.74. The summed E-state index contributed by atoms with van der Waals surface area (Å²) in [5.41, 5.74) is 0.585. The number of benzene rings is 2. The van der Waals surface area contributed by atoms with Crippen LogP contribution in [0.2, 0.25) is 0 Å². The van der Waals surface area contributed by atoms with Crippen LogP contribution in [0.4, 0.5) is 5.69 Å². The van der Waals surface area contributed by atoms with Crippen molar-refractivity contribution in [2.75, 3.05) is 11.0 Å². The Bertz CT molecular complexity index is 877. The molecule has 1 heterocycles. The lowest BCUT2D eigenvalue weighted by atomic mass is 9.76. The minimum Gasteiger partial charge on any atom is -0.399 e. The Morgan fingerprint density at radius 3 is 2.00 bits per heavy atom. The zero-order chi connectivity index (χ0) is 17.8. The van der Waals surface area contributed by atoms with Crippen LogP contribution in [-0.4, -0.2) is 33.0 Å².